The molecule has 1 aliphatic carbocycles. The lowest BCUT2D eigenvalue weighted by molar-refractivity contribution is 0.414. The Balaban J connectivity index is 1.84. The molecule has 98 valence electrons. The van der Waals surface area contributed by atoms with Crippen LogP contribution in [0.15, 0.2) is 24.3 Å². The van der Waals surface area contributed by atoms with Crippen molar-refractivity contribution in [2.24, 2.45) is 5.41 Å². The van der Waals surface area contributed by atoms with Gasteiger partial charge in [-0.1, -0.05) is 6.07 Å². The molecule has 18 heavy (non-hydrogen) atoms. The van der Waals surface area contributed by atoms with E-state index in [4.69, 9.17) is 4.74 Å². The molecule has 3 nitrogen and oxygen atoms in total. The zero-order chi connectivity index (χ0) is 12.6. The second-order valence-electron chi connectivity index (χ2n) is 5.86. The Hall–Kier alpha value is -1.22. The van der Waals surface area contributed by atoms with Crippen LogP contribution in [0.5, 0.6) is 5.75 Å². The molecule has 2 aliphatic rings. The zero-order valence-corrected chi connectivity index (χ0v) is 11.3. The largest absolute Gasteiger partial charge is 0.497 e. The Morgan fingerprint density at radius 2 is 2.22 bits per heavy atom. The summed E-state index contributed by atoms with van der Waals surface area (Å²) in [6, 6.07) is 8.98. The van der Waals surface area contributed by atoms with Crippen LogP contribution in [0, 0.1) is 5.41 Å². The number of hydrogen-bond donors (Lipinski definition) is 1. The fourth-order valence-electron chi connectivity index (χ4n) is 2.83. The number of methoxy groups -OCH3 is 1. The van der Waals surface area contributed by atoms with Gasteiger partial charge in [-0.3, -0.25) is 0 Å². The minimum absolute atomic E-state index is 0.536. The van der Waals surface area contributed by atoms with Gasteiger partial charge < -0.3 is 15.0 Å². The molecule has 1 aromatic rings. The SMILES string of the molecule is COc1cccc(N2CC(C)NCC3(CC3)C2)c1. The fourth-order valence-corrected chi connectivity index (χ4v) is 2.83. The van der Waals surface area contributed by atoms with Gasteiger partial charge in [0.05, 0.1) is 7.11 Å². The van der Waals surface area contributed by atoms with Crippen molar-refractivity contribution < 1.29 is 4.74 Å². The lowest BCUT2D eigenvalue weighted by Crippen LogP contribution is -2.35. The van der Waals surface area contributed by atoms with Crippen molar-refractivity contribution in [3.63, 3.8) is 0 Å². The van der Waals surface area contributed by atoms with E-state index in [9.17, 15) is 0 Å². The number of ether oxygens (including phenoxy) is 1. The number of hydrogen-bond acceptors (Lipinski definition) is 3. The number of anilines is 1. The molecule has 2 fully saturated rings. The Morgan fingerprint density at radius 1 is 1.39 bits per heavy atom. The molecule has 0 amide bonds. The molecule has 1 aliphatic heterocycles. The standard InChI is InChI=1S/C15H22N2O/c1-12-9-17(11-15(6-7-15)10-16-12)13-4-3-5-14(8-13)18-2/h3-5,8,12,16H,6-7,9-11H2,1-2H3. The normalized spacial score (nSPS) is 25.9. The Labute approximate surface area is 109 Å². The van der Waals surface area contributed by atoms with Crippen LogP contribution in [-0.4, -0.2) is 32.8 Å². The van der Waals surface area contributed by atoms with Crippen molar-refractivity contribution in [1.29, 1.82) is 0 Å². The molecule has 1 N–H and O–H groups in total. The molecule has 3 rings (SSSR count). The molecule has 1 spiro atoms. The second-order valence-corrected chi connectivity index (χ2v) is 5.86. The summed E-state index contributed by atoms with van der Waals surface area (Å²) in [5.41, 5.74) is 1.82. The van der Waals surface area contributed by atoms with E-state index in [1.807, 2.05) is 6.07 Å². The van der Waals surface area contributed by atoms with Crippen LogP contribution in [0.2, 0.25) is 0 Å². The predicted octanol–water partition coefficient (Wildman–Crippen LogP) is 2.27. The molecular formula is C15H22N2O. The summed E-state index contributed by atoms with van der Waals surface area (Å²) in [7, 11) is 1.73. The summed E-state index contributed by atoms with van der Waals surface area (Å²) < 4.78 is 5.33. The van der Waals surface area contributed by atoms with Crippen LogP contribution < -0.4 is 15.0 Å². The van der Waals surface area contributed by atoms with Gasteiger partial charge >= 0.3 is 0 Å². The fraction of sp³-hybridized carbons (Fsp3) is 0.600. The van der Waals surface area contributed by atoms with Crippen LogP contribution >= 0.6 is 0 Å². The highest BCUT2D eigenvalue weighted by Crippen LogP contribution is 2.47. The summed E-state index contributed by atoms with van der Waals surface area (Å²) in [6.45, 7) is 5.70. The minimum Gasteiger partial charge on any atom is -0.497 e. The molecule has 0 radical (unpaired) electrons. The molecule has 0 aromatic heterocycles. The average Bonchev–Trinajstić information content (AvgIpc) is 3.18. The molecule has 1 aromatic carbocycles. The lowest BCUT2D eigenvalue weighted by Gasteiger charge is -2.27. The first-order valence-electron chi connectivity index (χ1n) is 6.83. The van der Waals surface area contributed by atoms with Crippen molar-refractivity contribution in [3.8, 4) is 5.75 Å². The van der Waals surface area contributed by atoms with Crippen LogP contribution in [0.4, 0.5) is 5.69 Å². The summed E-state index contributed by atoms with van der Waals surface area (Å²) >= 11 is 0. The quantitative estimate of drug-likeness (QED) is 0.866. The molecule has 1 saturated heterocycles. The Kier molecular flexibility index (Phi) is 2.94. The minimum atomic E-state index is 0.536. The van der Waals surface area contributed by atoms with Crippen molar-refractivity contribution in [1.82, 2.24) is 5.32 Å². The molecule has 1 unspecified atom stereocenters. The van der Waals surface area contributed by atoms with E-state index < -0.39 is 0 Å². The highest BCUT2D eigenvalue weighted by Gasteiger charge is 2.45. The van der Waals surface area contributed by atoms with E-state index in [2.05, 4.69) is 35.3 Å². The topological polar surface area (TPSA) is 24.5 Å². The zero-order valence-electron chi connectivity index (χ0n) is 11.3. The van der Waals surface area contributed by atoms with Crippen LogP contribution in [0.25, 0.3) is 0 Å². The van der Waals surface area contributed by atoms with Crippen molar-refractivity contribution >= 4 is 5.69 Å². The molecule has 1 atom stereocenters. The third-order valence-electron chi connectivity index (χ3n) is 4.22. The summed E-state index contributed by atoms with van der Waals surface area (Å²) in [4.78, 5) is 2.51. The number of rotatable bonds is 2. The van der Waals surface area contributed by atoms with Crippen LogP contribution in [0.3, 0.4) is 0 Å². The monoisotopic (exact) mass is 246 g/mol. The molecular weight excluding hydrogens is 224 g/mol. The van der Waals surface area contributed by atoms with Gasteiger partial charge in [0.1, 0.15) is 5.75 Å². The smallest absolute Gasteiger partial charge is 0.120 e. The van der Waals surface area contributed by atoms with E-state index in [1.54, 1.807) is 7.11 Å². The van der Waals surface area contributed by atoms with Crippen LogP contribution in [0.1, 0.15) is 19.8 Å². The summed E-state index contributed by atoms with van der Waals surface area (Å²) in [5.74, 6) is 0.946. The number of nitrogens with one attached hydrogen (secondary N) is 1. The highest BCUT2D eigenvalue weighted by atomic mass is 16.5. The average molecular weight is 246 g/mol. The molecule has 0 bridgehead atoms. The van der Waals surface area contributed by atoms with Gasteiger partial charge in [-0.2, -0.15) is 0 Å². The Morgan fingerprint density at radius 3 is 2.94 bits per heavy atom. The maximum Gasteiger partial charge on any atom is 0.120 e. The predicted molar refractivity (Wildman–Crippen MR) is 74.3 cm³/mol. The van der Waals surface area contributed by atoms with Gasteiger partial charge in [-0.15, -0.1) is 0 Å². The van der Waals surface area contributed by atoms with E-state index in [0.29, 0.717) is 11.5 Å². The first kappa shape index (κ1) is 11.8. The summed E-state index contributed by atoms with van der Waals surface area (Å²) in [5, 5.41) is 3.65. The Bertz CT molecular complexity index is 428. The van der Waals surface area contributed by atoms with Gasteiger partial charge in [0.2, 0.25) is 0 Å². The molecule has 1 saturated carbocycles. The molecule has 3 heteroatoms. The molecule has 1 heterocycles. The maximum atomic E-state index is 5.33. The van der Waals surface area contributed by atoms with Gasteiger partial charge in [-0.25, -0.2) is 0 Å². The van der Waals surface area contributed by atoms with Crippen LogP contribution in [-0.2, 0) is 0 Å². The van der Waals surface area contributed by atoms with Gasteiger partial charge in [0.25, 0.3) is 0 Å². The number of nitrogens with zero attached hydrogens (tertiary/aromatic N) is 1. The van der Waals surface area contributed by atoms with E-state index in [0.717, 1.165) is 12.3 Å². The van der Waals surface area contributed by atoms with E-state index in [-0.39, 0.29) is 0 Å². The number of benzene rings is 1. The first-order valence-corrected chi connectivity index (χ1v) is 6.83. The van der Waals surface area contributed by atoms with Crippen molar-refractivity contribution in [2.75, 3.05) is 31.6 Å². The van der Waals surface area contributed by atoms with E-state index >= 15 is 0 Å². The third kappa shape index (κ3) is 2.32. The lowest BCUT2D eigenvalue weighted by atomic mass is 10.1. The third-order valence-corrected chi connectivity index (χ3v) is 4.22. The van der Waals surface area contributed by atoms with Crippen molar-refractivity contribution in [2.45, 2.75) is 25.8 Å². The first-order chi connectivity index (χ1) is 8.71. The van der Waals surface area contributed by atoms with E-state index in [1.165, 1.54) is 31.6 Å². The highest BCUT2D eigenvalue weighted by molar-refractivity contribution is 5.51. The van der Waals surface area contributed by atoms with Gasteiger partial charge in [0, 0.05) is 42.8 Å². The van der Waals surface area contributed by atoms with Crippen molar-refractivity contribution in [3.05, 3.63) is 24.3 Å². The van der Waals surface area contributed by atoms with Gasteiger partial charge in [0.15, 0.2) is 0 Å². The summed E-state index contributed by atoms with van der Waals surface area (Å²) in [6.07, 6.45) is 2.74. The van der Waals surface area contributed by atoms with Gasteiger partial charge in [-0.05, 0) is 31.9 Å². The second kappa shape index (κ2) is 4.47. The maximum absolute atomic E-state index is 5.33.